The van der Waals surface area contributed by atoms with Crippen LogP contribution in [-0.2, 0) is 42.6 Å². The summed E-state index contributed by atoms with van der Waals surface area (Å²) >= 11 is 3.29. The molecule has 1 rings (SSSR count). The van der Waals surface area contributed by atoms with Crippen molar-refractivity contribution < 1.29 is 52.5 Å². The molecule has 0 fully saturated rings. The molecular weight excluding hydrogens is 642 g/mol. The van der Waals surface area contributed by atoms with Gasteiger partial charge in [-0.05, 0) is 6.07 Å². The third kappa shape index (κ3) is 23.1. The zero-order chi connectivity index (χ0) is 31.2. The van der Waals surface area contributed by atoms with Gasteiger partial charge in [0, 0.05) is 17.9 Å². The number of nitrogens with zero attached hydrogens (tertiary/aromatic N) is 2. The minimum absolute atomic E-state index is 0.188. The lowest BCUT2D eigenvalue weighted by Crippen LogP contribution is -2.15. The monoisotopic (exact) mass is 685 g/mol. The Morgan fingerprint density at radius 2 is 0.884 bits per heavy atom. The molecule has 0 unspecified atom stereocenters. The zero-order valence-corrected chi connectivity index (χ0v) is 26.0. The second-order valence-electron chi connectivity index (χ2n) is 8.34. The second-order valence-corrected chi connectivity index (χ2v) is 9.14. The number of nitrogens with one attached hydrogen (secondary N) is 1. The fourth-order valence-corrected chi connectivity index (χ4v) is 3.34. The number of ether oxygens (including phenoxy) is 9. The van der Waals surface area contributed by atoms with Gasteiger partial charge in [-0.2, -0.15) is 0 Å². The van der Waals surface area contributed by atoms with Crippen LogP contribution in [0, 0.1) is 20.2 Å². The van der Waals surface area contributed by atoms with Crippen LogP contribution in [0.4, 0.5) is 17.1 Å². The van der Waals surface area contributed by atoms with Crippen molar-refractivity contribution >= 4 is 33.0 Å². The molecule has 248 valence electrons. The van der Waals surface area contributed by atoms with E-state index < -0.39 is 9.85 Å². The van der Waals surface area contributed by atoms with Crippen LogP contribution in [0.2, 0.25) is 0 Å². The molecule has 0 bridgehead atoms. The van der Waals surface area contributed by atoms with Gasteiger partial charge in [0.05, 0.1) is 135 Å². The van der Waals surface area contributed by atoms with Crippen molar-refractivity contribution in [2.75, 3.05) is 136 Å². The van der Waals surface area contributed by atoms with Gasteiger partial charge in [0.1, 0.15) is 5.69 Å². The van der Waals surface area contributed by atoms with Crippen molar-refractivity contribution in [2.24, 2.45) is 0 Å². The topological polar surface area (TPSA) is 181 Å². The van der Waals surface area contributed by atoms with E-state index in [4.69, 9.17) is 42.6 Å². The maximum absolute atomic E-state index is 11.1. The van der Waals surface area contributed by atoms with Crippen molar-refractivity contribution in [3.63, 3.8) is 0 Å². The van der Waals surface area contributed by atoms with E-state index in [-0.39, 0.29) is 23.7 Å². The first-order valence-corrected chi connectivity index (χ1v) is 15.1. The van der Waals surface area contributed by atoms with Crippen LogP contribution in [0.25, 0.3) is 0 Å². The molecule has 0 aliphatic rings. The highest BCUT2D eigenvalue weighted by molar-refractivity contribution is 9.09. The predicted octanol–water partition coefficient (Wildman–Crippen LogP) is 2.46. The van der Waals surface area contributed by atoms with Gasteiger partial charge in [-0.1, -0.05) is 15.9 Å². The number of rotatable bonds is 32. The summed E-state index contributed by atoms with van der Waals surface area (Å²) in [6.07, 6.45) is 0. The summed E-state index contributed by atoms with van der Waals surface area (Å²) in [5, 5.41) is 25.6. The van der Waals surface area contributed by atoms with Gasteiger partial charge in [-0.15, -0.1) is 0 Å². The lowest BCUT2D eigenvalue weighted by molar-refractivity contribution is -0.393. The van der Waals surface area contributed by atoms with Crippen molar-refractivity contribution in [2.45, 2.75) is 0 Å². The molecule has 0 radical (unpaired) electrons. The molecule has 0 aromatic heterocycles. The SMILES string of the molecule is O=[N+]([O-])c1ccc(NCCOCCOCCOCCOCCOCCOCCOCCOCCOCCBr)c([N+](=O)[O-])c1. The predicted molar refractivity (Wildman–Crippen MR) is 159 cm³/mol. The van der Waals surface area contributed by atoms with Crippen molar-refractivity contribution in [3.05, 3.63) is 38.4 Å². The van der Waals surface area contributed by atoms with Crippen molar-refractivity contribution in [3.8, 4) is 0 Å². The van der Waals surface area contributed by atoms with Gasteiger partial charge in [-0.3, -0.25) is 20.2 Å². The molecule has 0 saturated heterocycles. The molecule has 0 atom stereocenters. The smallest absolute Gasteiger partial charge is 0.299 e. The van der Waals surface area contributed by atoms with E-state index in [1.54, 1.807) is 0 Å². The number of alkyl halides is 1. The van der Waals surface area contributed by atoms with Crippen LogP contribution in [0.15, 0.2) is 18.2 Å². The molecule has 1 N–H and O–H groups in total. The van der Waals surface area contributed by atoms with Crippen LogP contribution >= 0.6 is 15.9 Å². The highest BCUT2D eigenvalue weighted by Crippen LogP contribution is 2.28. The quantitative estimate of drug-likeness (QED) is 0.0505. The molecule has 0 aliphatic carbocycles. The fourth-order valence-electron chi connectivity index (χ4n) is 3.11. The fraction of sp³-hybridized carbons (Fsp3) is 0.769. The summed E-state index contributed by atoms with van der Waals surface area (Å²) < 4.78 is 48.6. The van der Waals surface area contributed by atoms with E-state index in [0.717, 1.165) is 11.4 Å². The lowest BCUT2D eigenvalue weighted by atomic mass is 10.2. The highest BCUT2D eigenvalue weighted by atomic mass is 79.9. The van der Waals surface area contributed by atoms with Crippen molar-refractivity contribution in [1.82, 2.24) is 0 Å². The third-order valence-electron chi connectivity index (χ3n) is 5.15. The van der Waals surface area contributed by atoms with E-state index in [2.05, 4.69) is 21.2 Å². The Hall–Kier alpha value is -2.06. The number of hydrogen-bond donors (Lipinski definition) is 1. The van der Waals surface area contributed by atoms with E-state index in [1.807, 2.05) is 0 Å². The Bertz CT molecular complexity index is 841. The first kappa shape index (κ1) is 39.0. The minimum atomic E-state index is -0.681. The van der Waals surface area contributed by atoms with Gasteiger partial charge in [0.25, 0.3) is 11.4 Å². The summed E-state index contributed by atoms with van der Waals surface area (Å²) in [6, 6.07) is 3.43. The largest absolute Gasteiger partial charge is 0.378 e. The Morgan fingerprint density at radius 1 is 0.535 bits per heavy atom. The van der Waals surface area contributed by atoms with Gasteiger partial charge >= 0.3 is 0 Å². The number of halogens is 1. The van der Waals surface area contributed by atoms with E-state index in [9.17, 15) is 20.2 Å². The molecule has 17 heteroatoms. The Morgan fingerprint density at radius 3 is 1.21 bits per heavy atom. The molecule has 0 saturated carbocycles. The number of benzene rings is 1. The van der Waals surface area contributed by atoms with E-state index >= 15 is 0 Å². The number of nitro groups is 2. The first-order chi connectivity index (χ1) is 21.1. The van der Waals surface area contributed by atoms with Crippen LogP contribution in [0.3, 0.4) is 0 Å². The van der Waals surface area contributed by atoms with E-state index in [1.165, 1.54) is 12.1 Å². The normalized spacial score (nSPS) is 11.2. The van der Waals surface area contributed by atoms with Crippen LogP contribution in [0.5, 0.6) is 0 Å². The molecule has 1 aromatic carbocycles. The standard InChI is InChI=1S/C26H44BrN3O13/c27-3-5-35-7-9-37-11-13-39-15-17-41-19-21-43-22-20-42-18-16-40-14-12-38-10-8-36-6-4-28-25-2-1-24(29(31)32)23-26(25)30(33)34/h1-2,23,28H,3-22H2. The number of anilines is 1. The molecular formula is C26H44BrN3O13. The zero-order valence-electron chi connectivity index (χ0n) is 24.5. The molecule has 0 spiro atoms. The van der Waals surface area contributed by atoms with Crippen LogP contribution < -0.4 is 5.32 Å². The summed E-state index contributed by atoms with van der Waals surface area (Å²) in [4.78, 5) is 20.6. The summed E-state index contributed by atoms with van der Waals surface area (Å²) in [7, 11) is 0. The van der Waals surface area contributed by atoms with Crippen LogP contribution in [0.1, 0.15) is 0 Å². The van der Waals surface area contributed by atoms with Gasteiger partial charge in [0.15, 0.2) is 0 Å². The molecule has 0 amide bonds. The number of non-ortho nitro benzene ring substituents is 1. The molecule has 43 heavy (non-hydrogen) atoms. The Kier molecular flexibility index (Phi) is 26.0. The average Bonchev–Trinajstić information content (AvgIpc) is 3.00. The first-order valence-electron chi connectivity index (χ1n) is 14.0. The maximum Gasteiger partial charge on any atom is 0.299 e. The molecule has 0 heterocycles. The average molecular weight is 687 g/mol. The van der Waals surface area contributed by atoms with Crippen molar-refractivity contribution in [1.29, 1.82) is 0 Å². The Labute approximate surface area is 259 Å². The number of nitro benzene ring substituents is 2. The van der Waals surface area contributed by atoms with Gasteiger partial charge < -0.3 is 47.9 Å². The van der Waals surface area contributed by atoms with Gasteiger partial charge in [0.2, 0.25) is 0 Å². The Balaban J connectivity index is 1.77. The van der Waals surface area contributed by atoms with E-state index in [0.29, 0.717) is 119 Å². The summed E-state index contributed by atoms with van der Waals surface area (Å²) in [6.45, 7) is 8.81. The second kappa shape index (κ2) is 28.7. The minimum Gasteiger partial charge on any atom is -0.378 e. The third-order valence-corrected chi connectivity index (χ3v) is 5.47. The maximum atomic E-state index is 11.1. The molecule has 0 aliphatic heterocycles. The van der Waals surface area contributed by atoms with Crippen LogP contribution in [-0.4, -0.2) is 141 Å². The summed E-state index contributed by atoms with van der Waals surface area (Å²) in [5.74, 6) is 0. The lowest BCUT2D eigenvalue weighted by Gasteiger charge is -2.09. The molecule has 16 nitrogen and oxygen atoms in total. The molecule has 1 aromatic rings. The van der Waals surface area contributed by atoms with Gasteiger partial charge in [-0.25, -0.2) is 0 Å². The summed E-state index contributed by atoms with van der Waals surface area (Å²) in [5.41, 5.74) is -0.519. The number of hydrogen-bond acceptors (Lipinski definition) is 14. The highest BCUT2D eigenvalue weighted by Gasteiger charge is 2.19.